The smallest absolute Gasteiger partial charge is 0.368 e. The van der Waals surface area contributed by atoms with Crippen molar-refractivity contribution in [1.29, 1.82) is 0 Å². The number of benzene rings is 2. The summed E-state index contributed by atoms with van der Waals surface area (Å²) in [6, 6.07) is 10.7. The second-order valence-electron chi connectivity index (χ2n) is 7.48. The van der Waals surface area contributed by atoms with Gasteiger partial charge in [-0.15, -0.1) is 0 Å². The van der Waals surface area contributed by atoms with E-state index in [0.717, 1.165) is 16.7 Å². The van der Waals surface area contributed by atoms with Crippen LogP contribution in [0.5, 0.6) is 11.5 Å². The van der Waals surface area contributed by atoms with Gasteiger partial charge in [0.05, 0.1) is 13.7 Å². The zero-order chi connectivity index (χ0) is 22.1. The lowest BCUT2D eigenvalue weighted by Gasteiger charge is -2.24. The molecule has 0 aliphatic carbocycles. The number of tetrazole rings is 1. The van der Waals surface area contributed by atoms with Gasteiger partial charge in [-0.25, -0.2) is 9.59 Å². The van der Waals surface area contributed by atoms with Crippen molar-refractivity contribution in [3.63, 3.8) is 0 Å². The molecule has 0 saturated heterocycles. The molecule has 0 amide bonds. The molecule has 3 rings (SSSR count). The van der Waals surface area contributed by atoms with Gasteiger partial charge in [0.15, 0.2) is 5.60 Å². The fourth-order valence-electron chi connectivity index (χ4n) is 3.09. The van der Waals surface area contributed by atoms with Crippen LogP contribution in [0, 0.1) is 13.8 Å². The van der Waals surface area contributed by atoms with Crippen LogP contribution >= 0.6 is 0 Å². The van der Waals surface area contributed by atoms with Gasteiger partial charge in [-0.3, -0.25) is 0 Å². The summed E-state index contributed by atoms with van der Waals surface area (Å²) in [5, 5.41) is 17.3. The fraction of sp³-hybridized carbons (Fsp3) is 0.333. The van der Waals surface area contributed by atoms with Crippen LogP contribution in [0.2, 0.25) is 0 Å². The van der Waals surface area contributed by atoms with E-state index in [1.165, 1.54) is 30.3 Å². The Bertz CT molecular complexity index is 1120. The lowest BCUT2D eigenvalue weighted by Crippen LogP contribution is -2.38. The molecule has 9 heteroatoms. The predicted octanol–water partition coefficient (Wildman–Crippen LogP) is 2.34. The third-order valence-electron chi connectivity index (χ3n) is 4.68. The third kappa shape index (κ3) is 4.05. The molecule has 0 saturated carbocycles. The number of carboxylic acid groups (broad SMARTS) is 1. The van der Waals surface area contributed by atoms with Gasteiger partial charge in [-0.1, -0.05) is 24.3 Å². The van der Waals surface area contributed by atoms with E-state index in [9.17, 15) is 14.7 Å². The van der Waals surface area contributed by atoms with Crippen molar-refractivity contribution in [2.24, 2.45) is 0 Å². The number of rotatable bonds is 7. The minimum absolute atomic E-state index is 0.207. The second kappa shape index (κ2) is 8.02. The first kappa shape index (κ1) is 21.1. The number of ether oxygens (including phenoxy) is 2. The molecule has 9 nitrogen and oxygen atoms in total. The molecule has 0 fully saturated rings. The lowest BCUT2D eigenvalue weighted by atomic mass is 10.0. The van der Waals surface area contributed by atoms with Gasteiger partial charge in [0, 0.05) is 0 Å². The first-order valence-electron chi connectivity index (χ1n) is 9.33. The van der Waals surface area contributed by atoms with Crippen molar-refractivity contribution >= 4 is 5.97 Å². The van der Waals surface area contributed by atoms with E-state index in [2.05, 4.69) is 10.4 Å². The molecule has 0 aliphatic rings. The van der Waals surface area contributed by atoms with Crippen LogP contribution in [-0.2, 0) is 11.3 Å². The molecule has 0 atom stereocenters. The molecule has 1 aromatic heterocycles. The highest BCUT2D eigenvalue weighted by Crippen LogP contribution is 2.29. The molecule has 0 spiro atoms. The van der Waals surface area contributed by atoms with E-state index in [0.29, 0.717) is 17.2 Å². The highest BCUT2D eigenvalue weighted by Gasteiger charge is 2.30. The van der Waals surface area contributed by atoms with Crippen LogP contribution in [-0.4, -0.2) is 43.6 Å². The van der Waals surface area contributed by atoms with Crippen LogP contribution < -0.4 is 15.2 Å². The molecular formula is C21H24N4O5. The molecule has 0 radical (unpaired) electrons. The molecule has 158 valence electrons. The van der Waals surface area contributed by atoms with Gasteiger partial charge < -0.3 is 14.6 Å². The van der Waals surface area contributed by atoms with Crippen LogP contribution in [0.15, 0.2) is 41.2 Å². The first-order valence-corrected chi connectivity index (χ1v) is 9.33. The Kier molecular flexibility index (Phi) is 5.64. The minimum atomic E-state index is -1.36. The number of nitrogens with zero attached hydrogens (tertiary/aromatic N) is 4. The van der Waals surface area contributed by atoms with Gasteiger partial charge >= 0.3 is 11.7 Å². The molecule has 1 heterocycles. The highest BCUT2D eigenvalue weighted by atomic mass is 16.5. The Morgan fingerprint density at radius 3 is 2.37 bits per heavy atom. The predicted molar refractivity (Wildman–Crippen MR) is 110 cm³/mol. The number of aromatic nitrogens is 4. The molecular weight excluding hydrogens is 388 g/mol. The van der Waals surface area contributed by atoms with Crippen molar-refractivity contribution < 1.29 is 19.4 Å². The number of carbonyl (C=O) groups is 1. The SMILES string of the molecule is COc1ccccc1-n1nnn(Cc2cc(C)c(OC(C)(C)C(=O)O)c(C)c2)c1=O. The average Bonchev–Trinajstić information content (AvgIpc) is 3.04. The van der Waals surface area contributed by atoms with Crippen molar-refractivity contribution in [3.05, 3.63) is 63.6 Å². The van der Waals surface area contributed by atoms with Crippen molar-refractivity contribution in [2.45, 2.75) is 39.8 Å². The number of hydrogen-bond donors (Lipinski definition) is 1. The summed E-state index contributed by atoms with van der Waals surface area (Å²) in [4.78, 5) is 24.2. The summed E-state index contributed by atoms with van der Waals surface area (Å²) in [5.74, 6) is -0.0260. The zero-order valence-corrected chi connectivity index (χ0v) is 17.5. The van der Waals surface area contributed by atoms with E-state index in [-0.39, 0.29) is 6.54 Å². The topological polar surface area (TPSA) is 108 Å². The quantitative estimate of drug-likeness (QED) is 0.634. The Balaban J connectivity index is 1.90. The largest absolute Gasteiger partial charge is 0.494 e. The maximum absolute atomic E-state index is 12.8. The van der Waals surface area contributed by atoms with Crippen LogP contribution in [0.3, 0.4) is 0 Å². The van der Waals surface area contributed by atoms with E-state index in [4.69, 9.17) is 9.47 Å². The van der Waals surface area contributed by atoms with Crippen molar-refractivity contribution in [2.75, 3.05) is 7.11 Å². The number of aliphatic carboxylic acids is 1. The highest BCUT2D eigenvalue weighted by molar-refractivity contribution is 5.77. The van der Waals surface area contributed by atoms with Crippen LogP contribution in [0.1, 0.15) is 30.5 Å². The Hall–Kier alpha value is -3.62. The number of para-hydroxylation sites is 2. The molecule has 0 bridgehead atoms. The first-order chi connectivity index (χ1) is 14.1. The van der Waals surface area contributed by atoms with Crippen LogP contribution in [0.4, 0.5) is 0 Å². The zero-order valence-electron chi connectivity index (χ0n) is 17.5. The van der Waals surface area contributed by atoms with Gasteiger partial charge in [0.25, 0.3) is 0 Å². The monoisotopic (exact) mass is 412 g/mol. The van der Waals surface area contributed by atoms with E-state index >= 15 is 0 Å². The summed E-state index contributed by atoms with van der Waals surface area (Å²) in [6.07, 6.45) is 0. The maximum Gasteiger partial charge on any atom is 0.368 e. The summed E-state index contributed by atoms with van der Waals surface area (Å²) in [7, 11) is 1.52. The van der Waals surface area contributed by atoms with E-state index in [1.54, 1.807) is 24.3 Å². The molecule has 30 heavy (non-hydrogen) atoms. The van der Waals surface area contributed by atoms with Crippen LogP contribution in [0.25, 0.3) is 5.69 Å². The van der Waals surface area contributed by atoms with E-state index < -0.39 is 17.3 Å². The Morgan fingerprint density at radius 2 is 1.77 bits per heavy atom. The number of hydrogen-bond acceptors (Lipinski definition) is 6. The Morgan fingerprint density at radius 1 is 1.13 bits per heavy atom. The standard InChI is InChI=1S/C21H24N4O5/c1-13-10-15(11-14(2)18(13)30-21(3,4)19(26)27)12-24-20(28)25(23-22-24)16-8-6-7-9-17(16)29-5/h6-11H,12H2,1-5H3,(H,26,27). The third-order valence-corrected chi connectivity index (χ3v) is 4.68. The number of methoxy groups -OCH3 is 1. The van der Waals surface area contributed by atoms with Gasteiger partial charge in [-0.2, -0.15) is 9.36 Å². The summed E-state index contributed by atoms with van der Waals surface area (Å²) in [6.45, 7) is 6.87. The Labute approximate surface area is 173 Å². The maximum atomic E-state index is 12.8. The normalized spacial score (nSPS) is 11.4. The molecule has 3 aromatic rings. The minimum Gasteiger partial charge on any atom is -0.494 e. The van der Waals surface area contributed by atoms with Gasteiger partial charge in [0.2, 0.25) is 0 Å². The van der Waals surface area contributed by atoms with Crippen molar-refractivity contribution in [1.82, 2.24) is 19.8 Å². The van der Waals surface area contributed by atoms with Crippen molar-refractivity contribution in [3.8, 4) is 17.2 Å². The lowest BCUT2D eigenvalue weighted by molar-refractivity contribution is -0.152. The summed E-state index contributed by atoms with van der Waals surface area (Å²) in [5.41, 5.74) is 1.10. The van der Waals surface area contributed by atoms with Gasteiger partial charge in [0.1, 0.15) is 17.2 Å². The molecule has 0 unspecified atom stereocenters. The molecule has 0 aliphatic heterocycles. The molecule has 1 N–H and O–H groups in total. The number of carboxylic acids is 1. The summed E-state index contributed by atoms with van der Waals surface area (Å²) >= 11 is 0. The van der Waals surface area contributed by atoms with E-state index in [1.807, 2.05) is 26.0 Å². The molecule has 2 aromatic carbocycles. The fourth-order valence-corrected chi connectivity index (χ4v) is 3.09. The average molecular weight is 412 g/mol. The number of aryl methyl sites for hydroxylation is 2. The van der Waals surface area contributed by atoms with Gasteiger partial charge in [-0.05, 0) is 66.9 Å². The second-order valence-corrected chi connectivity index (χ2v) is 7.48. The summed E-state index contributed by atoms with van der Waals surface area (Å²) < 4.78 is 13.5.